The van der Waals surface area contributed by atoms with Crippen molar-refractivity contribution >= 4 is 11.0 Å². The van der Waals surface area contributed by atoms with E-state index >= 15 is 0 Å². The van der Waals surface area contributed by atoms with E-state index in [2.05, 4.69) is 15.6 Å². The summed E-state index contributed by atoms with van der Waals surface area (Å²) in [7, 11) is 0. The number of rotatable bonds is 5. The first kappa shape index (κ1) is 12.8. The summed E-state index contributed by atoms with van der Waals surface area (Å²) in [5.74, 6) is 0. The van der Waals surface area contributed by atoms with Gasteiger partial charge in [-0.05, 0) is 33.1 Å². The molecule has 20 heavy (non-hydrogen) atoms. The first-order valence-electron chi connectivity index (χ1n) is 6.46. The predicted molar refractivity (Wildman–Crippen MR) is 74.7 cm³/mol. The highest BCUT2D eigenvalue weighted by Gasteiger charge is 2.05. The van der Waals surface area contributed by atoms with Crippen molar-refractivity contribution in [2.45, 2.75) is 19.7 Å². The van der Waals surface area contributed by atoms with Gasteiger partial charge in [0.15, 0.2) is 0 Å². The lowest BCUT2D eigenvalue weighted by atomic mass is 10.1. The Balaban J connectivity index is 1.66. The Hall–Kier alpha value is -2.24. The van der Waals surface area contributed by atoms with E-state index in [1.165, 1.54) is 0 Å². The van der Waals surface area contributed by atoms with E-state index in [0.29, 0.717) is 6.54 Å². The number of hydrogen-bond donors (Lipinski definition) is 2. The van der Waals surface area contributed by atoms with Crippen LogP contribution < -0.4 is 5.32 Å². The Bertz CT molecular complexity index is 709. The van der Waals surface area contributed by atoms with Crippen LogP contribution in [0.2, 0.25) is 0 Å². The molecule has 0 bridgehead atoms. The van der Waals surface area contributed by atoms with Crippen molar-refractivity contribution in [1.82, 2.24) is 15.6 Å². The van der Waals surface area contributed by atoms with Gasteiger partial charge in [0.05, 0.1) is 6.61 Å². The molecule has 2 aromatic carbocycles. The number of fused-ring (bicyclic) bond motifs is 1. The first-order valence-corrected chi connectivity index (χ1v) is 6.46. The largest absolute Gasteiger partial charge is 0.392 e. The number of aliphatic hydroxyl groups is 1. The van der Waals surface area contributed by atoms with Gasteiger partial charge in [-0.15, -0.1) is 0 Å². The quantitative estimate of drug-likeness (QED) is 0.741. The zero-order chi connectivity index (χ0) is 13.8. The predicted octanol–water partition coefficient (Wildman–Crippen LogP) is 2.00. The van der Waals surface area contributed by atoms with E-state index in [1.54, 1.807) is 0 Å². The summed E-state index contributed by atoms with van der Waals surface area (Å²) in [4.78, 5) is 0. The van der Waals surface area contributed by atoms with Crippen molar-refractivity contribution in [3.8, 4) is 0 Å². The lowest BCUT2D eigenvalue weighted by Crippen LogP contribution is -2.13. The van der Waals surface area contributed by atoms with Crippen LogP contribution in [0.5, 0.6) is 0 Å². The van der Waals surface area contributed by atoms with Crippen LogP contribution in [0.1, 0.15) is 16.7 Å². The van der Waals surface area contributed by atoms with Gasteiger partial charge in [-0.25, -0.2) is 4.63 Å². The minimum atomic E-state index is 0.0672. The molecule has 3 aromatic rings. The van der Waals surface area contributed by atoms with Crippen molar-refractivity contribution in [2.24, 2.45) is 0 Å². The molecule has 0 aliphatic carbocycles. The molecule has 0 aliphatic heterocycles. The molecule has 0 unspecified atom stereocenters. The van der Waals surface area contributed by atoms with Crippen LogP contribution in [0.15, 0.2) is 47.1 Å². The van der Waals surface area contributed by atoms with Crippen LogP contribution in [-0.2, 0) is 19.7 Å². The van der Waals surface area contributed by atoms with Crippen molar-refractivity contribution in [3.05, 3.63) is 59.2 Å². The zero-order valence-corrected chi connectivity index (χ0v) is 10.9. The van der Waals surface area contributed by atoms with E-state index in [-0.39, 0.29) is 6.61 Å². The lowest BCUT2D eigenvalue weighted by molar-refractivity contribution is 0.281. The molecule has 0 saturated carbocycles. The monoisotopic (exact) mass is 269 g/mol. The molecule has 0 saturated heterocycles. The number of hydrogen-bond acceptors (Lipinski definition) is 5. The molecule has 1 heterocycles. The van der Waals surface area contributed by atoms with E-state index < -0.39 is 0 Å². The molecule has 102 valence electrons. The van der Waals surface area contributed by atoms with Crippen LogP contribution in [0, 0.1) is 0 Å². The molecule has 5 heteroatoms. The second kappa shape index (κ2) is 5.81. The molecule has 0 spiro atoms. The molecular formula is C15H15N3O2. The Morgan fingerprint density at radius 3 is 2.75 bits per heavy atom. The minimum absolute atomic E-state index is 0.0672. The van der Waals surface area contributed by atoms with Crippen molar-refractivity contribution in [1.29, 1.82) is 0 Å². The van der Waals surface area contributed by atoms with Gasteiger partial charge in [-0.3, -0.25) is 0 Å². The van der Waals surface area contributed by atoms with Gasteiger partial charge in [-0.2, -0.15) is 0 Å². The van der Waals surface area contributed by atoms with Crippen LogP contribution in [0.3, 0.4) is 0 Å². The number of aromatic nitrogens is 2. The number of nitrogens with one attached hydrogen (secondary N) is 1. The minimum Gasteiger partial charge on any atom is -0.392 e. The Labute approximate surface area is 116 Å². The molecule has 3 rings (SSSR count). The number of nitrogens with zero attached hydrogens (tertiary/aromatic N) is 2. The van der Waals surface area contributed by atoms with Crippen LogP contribution in [0.4, 0.5) is 0 Å². The summed E-state index contributed by atoms with van der Waals surface area (Å²) in [6.45, 7) is 1.49. The van der Waals surface area contributed by atoms with E-state index in [4.69, 9.17) is 9.74 Å². The summed E-state index contributed by atoms with van der Waals surface area (Å²) in [5, 5.41) is 20.2. The summed E-state index contributed by atoms with van der Waals surface area (Å²) in [6.07, 6.45) is 0. The SMILES string of the molecule is OCc1cccc(CNCc2cccc3nonc23)c1. The molecule has 0 aliphatic rings. The third-order valence-electron chi connectivity index (χ3n) is 3.19. The van der Waals surface area contributed by atoms with Crippen LogP contribution >= 0.6 is 0 Å². The summed E-state index contributed by atoms with van der Waals surface area (Å²) >= 11 is 0. The van der Waals surface area contributed by atoms with Gasteiger partial charge in [0.25, 0.3) is 0 Å². The summed E-state index contributed by atoms with van der Waals surface area (Å²) < 4.78 is 4.74. The fourth-order valence-corrected chi connectivity index (χ4v) is 2.18. The Morgan fingerprint density at radius 1 is 1.00 bits per heavy atom. The van der Waals surface area contributed by atoms with Crippen molar-refractivity contribution < 1.29 is 9.74 Å². The highest BCUT2D eigenvalue weighted by molar-refractivity contribution is 5.76. The topological polar surface area (TPSA) is 71.2 Å². The fourth-order valence-electron chi connectivity index (χ4n) is 2.18. The van der Waals surface area contributed by atoms with Crippen LogP contribution in [0.25, 0.3) is 11.0 Å². The highest BCUT2D eigenvalue weighted by Crippen LogP contribution is 2.14. The Kier molecular flexibility index (Phi) is 3.71. The number of benzene rings is 2. The van der Waals surface area contributed by atoms with Gasteiger partial charge in [0.1, 0.15) is 11.0 Å². The van der Waals surface area contributed by atoms with Gasteiger partial charge < -0.3 is 10.4 Å². The lowest BCUT2D eigenvalue weighted by Gasteiger charge is -2.06. The molecule has 1 aromatic heterocycles. The standard InChI is InChI=1S/C15H15N3O2/c19-10-12-4-1-3-11(7-12)8-16-9-13-5-2-6-14-15(13)18-20-17-14/h1-7,16,19H,8-10H2. The highest BCUT2D eigenvalue weighted by atomic mass is 16.6. The van der Waals surface area contributed by atoms with E-state index in [0.717, 1.165) is 34.3 Å². The van der Waals surface area contributed by atoms with Gasteiger partial charge >= 0.3 is 0 Å². The molecule has 0 atom stereocenters. The second-order valence-corrected chi connectivity index (χ2v) is 4.63. The van der Waals surface area contributed by atoms with Gasteiger partial charge in [0, 0.05) is 13.1 Å². The van der Waals surface area contributed by atoms with Crippen molar-refractivity contribution in [2.75, 3.05) is 0 Å². The molecule has 0 fully saturated rings. The van der Waals surface area contributed by atoms with Gasteiger partial charge in [-0.1, -0.05) is 36.4 Å². The third-order valence-corrected chi connectivity index (χ3v) is 3.19. The molecule has 0 amide bonds. The first-order chi connectivity index (χ1) is 9.86. The molecule has 0 radical (unpaired) electrons. The summed E-state index contributed by atoms with van der Waals surface area (Å²) in [5.41, 5.74) is 4.69. The maximum Gasteiger partial charge on any atom is 0.139 e. The average molecular weight is 269 g/mol. The Morgan fingerprint density at radius 2 is 1.85 bits per heavy atom. The molecule has 5 nitrogen and oxygen atoms in total. The van der Waals surface area contributed by atoms with Gasteiger partial charge in [0.2, 0.25) is 0 Å². The maximum absolute atomic E-state index is 9.11. The molecular weight excluding hydrogens is 254 g/mol. The summed E-state index contributed by atoms with van der Waals surface area (Å²) in [6, 6.07) is 13.7. The number of aliphatic hydroxyl groups excluding tert-OH is 1. The van der Waals surface area contributed by atoms with E-state index in [1.807, 2.05) is 42.5 Å². The van der Waals surface area contributed by atoms with Crippen LogP contribution in [-0.4, -0.2) is 15.4 Å². The molecule has 2 N–H and O–H groups in total. The fraction of sp³-hybridized carbons (Fsp3) is 0.200. The second-order valence-electron chi connectivity index (χ2n) is 4.63. The maximum atomic E-state index is 9.11. The third kappa shape index (κ3) is 2.68. The smallest absolute Gasteiger partial charge is 0.139 e. The zero-order valence-electron chi connectivity index (χ0n) is 10.9. The van der Waals surface area contributed by atoms with E-state index in [9.17, 15) is 0 Å². The normalized spacial score (nSPS) is 11.1. The van der Waals surface area contributed by atoms with Crippen molar-refractivity contribution in [3.63, 3.8) is 0 Å². The average Bonchev–Trinajstić information content (AvgIpc) is 2.97.